The molecule has 1 heterocycles. The van der Waals surface area contributed by atoms with Crippen LogP contribution in [0.25, 0.3) is 0 Å². The number of hydrogen-bond donors (Lipinski definition) is 4. The molecule has 4 aliphatic carbocycles. The van der Waals surface area contributed by atoms with Crippen molar-refractivity contribution in [3.05, 3.63) is 23.8 Å². The van der Waals surface area contributed by atoms with Crippen LogP contribution in [0.1, 0.15) is 98.0 Å². The zero-order valence-corrected chi connectivity index (χ0v) is 28.3. The van der Waals surface area contributed by atoms with Crippen LogP contribution in [0, 0.1) is 52.3 Å². The molecule has 1 aromatic carbocycles. The third kappa shape index (κ3) is 5.49. The van der Waals surface area contributed by atoms with Crippen molar-refractivity contribution in [2.24, 2.45) is 52.3 Å². The predicted octanol–water partition coefficient (Wildman–Crippen LogP) is 6.55. The lowest BCUT2D eigenvalue weighted by molar-refractivity contribution is -0.203. The van der Waals surface area contributed by atoms with Crippen molar-refractivity contribution in [3.8, 4) is 0 Å². The van der Waals surface area contributed by atoms with Crippen LogP contribution in [0.4, 0.5) is 10.5 Å². The van der Waals surface area contributed by atoms with Gasteiger partial charge in [0.2, 0.25) is 5.91 Å². The summed E-state index contributed by atoms with van der Waals surface area (Å²) in [6, 6.07) is 5.84. The van der Waals surface area contributed by atoms with E-state index in [0.29, 0.717) is 48.0 Å². The minimum atomic E-state index is -0.256. The molecule has 0 aromatic heterocycles. The first-order valence-electron chi connectivity index (χ1n) is 17.5. The SMILES string of the molecule is CC[C@H]1[C@@H](O)C2[C@@H]3CC[C@H]([C@H](C)CCNC(=O)NSc4ccc5c(c4)CCN5C(C)=O)[C@@]3(C)CC[C@@H]2[C@@]2(C)CC[C@@H](O)C[C@@H]12. The van der Waals surface area contributed by atoms with Crippen molar-refractivity contribution in [2.45, 2.75) is 116 Å². The molecule has 4 saturated carbocycles. The number of rotatable bonds is 7. The number of nitrogens with zero attached hydrogens (tertiary/aromatic N) is 1. The van der Waals surface area contributed by atoms with E-state index in [9.17, 15) is 19.8 Å². The molecule has 1 aromatic rings. The lowest BCUT2D eigenvalue weighted by Crippen LogP contribution is -2.62. The second-order valence-corrected chi connectivity index (χ2v) is 16.4. The number of nitrogens with one attached hydrogen (secondary N) is 2. The summed E-state index contributed by atoms with van der Waals surface area (Å²) in [5, 5.41) is 25.6. The topological polar surface area (TPSA) is 102 Å². The molecule has 11 atom stereocenters. The predicted molar refractivity (Wildman–Crippen MR) is 176 cm³/mol. The van der Waals surface area contributed by atoms with Gasteiger partial charge in [0.15, 0.2) is 0 Å². The summed E-state index contributed by atoms with van der Waals surface area (Å²) in [6.45, 7) is 12.6. The van der Waals surface area contributed by atoms with Gasteiger partial charge in [0.05, 0.1) is 12.2 Å². The van der Waals surface area contributed by atoms with E-state index in [4.69, 9.17) is 0 Å². The quantitative estimate of drug-likeness (QED) is 0.257. The third-order valence-corrected chi connectivity index (χ3v) is 14.4. The minimum Gasteiger partial charge on any atom is -0.393 e. The molecule has 4 fully saturated rings. The zero-order chi connectivity index (χ0) is 31.4. The second-order valence-electron chi connectivity index (χ2n) is 15.6. The number of hydrogen-bond acceptors (Lipinski definition) is 5. The lowest BCUT2D eigenvalue weighted by atomic mass is 9.41. The Morgan fingerprint density at radius 3 is 2.57 bits per heavy atom. The van der Waals surface area contributed by atoms with E-state index < -0.39 is 0 Å². The molecule has 7 nitrogen and oxygen atoms in total. The van der Waals surface area contributed by atoms with Gasteiger partial charge in [-0.05, 0) is 146 Å². The van der Waals surface area contributed by atoms with Crippen LogP contribution in [0.3, 0.4) is 0 Å². The van der Waals surface area contributed by atoms with Crippen LogP contribution in [-0.4, -0.2) is 47.4 Å². The molecule has 0 saturated heterocycles. The van der Waals surface area contributed by atoms with Crippen molar-refractivity contribution in [3.63, 3.8) is 0 Å². The average Bonchev–Trinajstić information content (AvgIpc) is 3.58. The monoisotopic (exact) mass is 625 g/mol. The van der Waals surface area contributed by atoms with E-state index in [2.05, 4.69) is 43.8 Å². The molecule has 1 aliphatic heterocycles. The third-order valence-electron chi connectivity index (χ3n) is 13.6. The summed E-state index contributed by atoms with van der Waals surface area (Å²) in [7, 11) is 0. The van der Waals surface area contributed by atoms with Crippen molar-refractivity contribution in [1.82, 2.24) is 10.0 Å². The first-order chi connectivity index (χ1) is 21.0. The van der Waals surface area contributed by atoms with Crippen molar-refractivity contribution in [1.29, 1.82) is 0 Å². The Morgan fingerprint density at radius 2 is 1.82 bits per heavy atom. The van der Waals surface area contributed by atoms with E-state index in [-0.39, 0.29) is 35.0 Å². The molecule has 0 radical (unpaired) electrons. The number of aliphatic hydroxyl groups excluding tert-OH is 2. The summed E-state index contributed by atoms with van der Waals surface area (Å²) in [4.78, 5) is 27.3. The molecule has 3 amide bonds. The van der Waals surface area contributed by atoms with Gasteiger partial charge in [0.25, 0.3) is 0 Å². The van der Waals surface area contributed by atoms with E-state index in [1.165, 1.54) is 37.6 Å². The molecular formula is C36H55N3O4S. The number of amides is 3. The van der Waals surface area contributed by atoms with Gasteiger partial charge < -0.3 is 20.4 Å². The lowest BCUT2D eigenvalue weighted by Gasteiger charge is -2.64. The first-order valence-corrected chi connectivity index (χ1v) is 18.3. The maximum Gasteiger partial charge on any atom is 0.325 e. The maximum atomic E-state index is 12.7. The Labute approximate surface area is 268 Å². The Bertz CT molecular complexity index is 1240. The Balaban J connectivity index is 1.03. The standard InChI is InChI=1S/C36H55N3O4S/c1-6-26-30-20-24(41)11-15-36(30,5)29-12-16-35(4)27(8-9-28(35)32(29)33(26)42)21(2)13-17-37-34(43)38-44-25-7-10-31-23(19-25)14-18-39(31)22(3)40/h7,10,19,21,24,26-30,32-33,41-42H,6,8-9,11-18,20H2,1-5H3,(H2,37,38,43)/t21-,24-,26-,27-,28+,29+,30+,32?,33-,35-,36-/m1/s1. The normalized spacial score (nSPS) is 39.9. The van der Waals surface area contributed by atoms with Gasteiger partial charge in [-0.15, -0.1) is 0 Å². The van der Waals surface area contributed by atoms with Crippen LogP contribution >= 0.6 is 11.9 Å². The van der Waals surface area contributed by atoms with Crippen molar-refractivity contribution in [2.75, 3.05) is 18.0 Å². The largest absolute Gasteiger partial charge is 0.393 e. The number of carbonyl (C=O) groups is 2. The Morgan fingerprint density at radius 1 is 1.07 bits per heavy atom. The van der Waals surface area contributed by atoms with Gasteiger partial charge in [-0.25, -0.2) is 4.79 Å². The van der Waals surface area contributed by atoms with E-state index in [0.717, 1.165) is 61.2 Å². The molecule has 0 bridgehead atoms. The highest BCUT2D eigenvalue weighted by Gasteiger charge is 2.64. The number of carbonyl (C=O) groups excluding carboxylic acids is 2. The summed E-state index contributed by atoms with van der Waals surface area (Å²) in [6.07, 6.45) is 10.1. The van der Waals surface area contributed by atoms with E-state index in [1.807, 2.05) is 12.1 Å². The van der Waals surface area contributed by atoms with Crippen molar-refractivity contribution < 1.29 is 19.8 Å². The smallest absolute Gasteiger partial charge is 0.325 e. The molecule has 44 heavy (non-hydrogen) atoms. The zero-order valence-electron chi connectivity index (χ0n) is 27.5. The molecule has 4 N–H and O–H groups in total. The molecule has 244 valence electrons. The Hall–Kier alpha value is -1.77. The van der Waals surface area contributed by atoms with Crippen LogP contribution in [0.15, 0.2) is 23.1 Å². The number of anilines is 1. The first kappa shape index (κ1) is 32.2. The van der Waals surface area contributed by atoms with Crippen LogP contribution in [0.2, 0.25) is 0 Å². The summed E-state index contributed by atoms with van der Waals surface area (Å²) >= 11 is 1.32. The van der Waals surface area contributed by atoms with Gasteiger partial charge in [-0.3, -0.25) is 9.52 Å². The number of benzene rings is 1. The maximum absolute atomic E-state index is 12.7. The van der Waals surface area contributed by atoms with Crippen LogP contribution < -0.4 is 14.9 Å². The molecule has 6 rings (SSSR count). The molecule has 5 aliphatic rings. The Kier molecular flexibility index (Phi) is 9.10. The van der Waals surface area contributed by atoms with Crippen LogP contribution in [0.5, 0.6) is 0 Å². The fourth-order valence-electron chi connectivity index (χ4n) is 11.5. The second kappa shape index (κ2) is 12.4. The van der Waals surface area contributed by atoms with Crippen molar-refractivity contribution >= 4 is 29.6 Å². The van der Waals surface area contributed by atoms with Gasteiger partial charge in [0.1, 0.15) is 0 Å². The van der Waals surface area contributed by atoms with Gasteiger partial charge >= 0.3 is 6.03 Å². The summed E-state index contributed by atoms with van der Waals surface area (Å²) in [5.41, 5.74) is 2.60. The number of urea groups is 1. The summed E-state index contributed by atoms with van der Waals surface area (Å²) < 4.78 is 2.94. The highest BCUT2D eigenvalue weighted by molar-refractivity contribution is 7.98. The number of aliphatic hydroxyl groups is 2. The minimum absolute atomic E-state index is 0.0656. The number of fused-ring (bicyclic) bond motifs is 6. The molecule has 8 heteroatoms. The average molecular weight is 626 g/mol. The molecule has 1 unspecified atom stereocenters. The van der Waals surface area contributed by atoms with Gasteiger partial charge in [0, 0.05) is 30.6 Å². The molecule has 0 spiro atoms. The van der Waals surface area contributed by atoms with Crippen LogP contribution in [-0.2, 0) is 11.2 Å². The summed E-state index contributed by atoms with van der Waals surface area (Å²) in [5.74, 6) is 3.40. The fraction of sp³-hybridized carbons (Fsp3) is 0.778. The van der Waals surface area contributed by atoms with E-state index >= 15 is 0 Å². The van der Waals surface area contributed by atoms with E-state index in [1.54, 1.807) is 11.8 Å². The van der Waals surface area contributed by atoms with Gasteiger partial charge in [-0.2, -0.15) is 0 Å². The molecular weight excluding hydrogens is 570 g/mol. The highest BCUT2D eigenvalue weighted by Crippen LogP contribution is 2.69. The fourth-order valence-corrected chi connectivity index (χ4v) is 12.1. The van der Waals surface area contributed by atoms with Gasteiger partial charge in [-0.1, -0.05) is 34.1 Å². The highest BCUT2D eigenvalue weighted by atomic mass is 32.2.